The number of halogens is 3. The Morgan fingerprint density at radius 3 is 2.21 bits per heavy atom. The van der Waals surface area contributed by atoms with E-state index in [4.69, 9.17) is 0 Å². The van der Waals surface area contributed by atoms with Gasteiger partial charge in [0, 0.05) is 4.88 Å². The average molecular weight is 224 g/mol. The maximum absolute atomic E-state index is 12.7. The van der Waals surface area contributed by atoms with Gasteiger partial charge in [-0.25, -0.2) is 0 Å². The minimum atomic E-state index is -4.63. The van der Waals surface area contributed by atoms with Crippen molar-refractivity contribution in [2.45, 2.75) is 25.6 Å². The van der Waals surface area contributed by atoms with E-state index in [0.29, 0.717) is 0 Å². The molecule has 0 fully saturated rings. The lowest BCUT2D eigenvalue weighted by molar-refractivity contribution is -0.281. The molecule has 0 aliphatic carbocycles. The molecule has 0 aromatic carbocycles. The lowest BCUT2D eigenvalue weighted by atomic mass is 9.88. The number of rotatable bonds is 2. The van der Waals surface area contributed by atoms with Crippen LogP contribution in [0.1, 0.15) is 18.7 Å². The van der Waals surface area contributed by atoms with Gasteiger partial charge in [-0.15, -0.1) is 11.3 Å². The smallest absolute Gasteiger partial charge is 0.375 e. The molecule has 1 N–H and O–H groups in total. The predicted octanol–water partition coefficient (Wildman–Crippen LogP) is 3.15. The second-order valence-corrected chi connectivity index (χ2v) is 4.34. The lowest BCUT2D eigenvalue weighted by Gasteiger charge is -2.33. The summed E-state index contributed by atoms with van der Waals surface area (Å²) in [6.07, 6.45) is -4.63. The maximum Gasteiger partial charge on any atom is 0.422 e. The first kappa shape index (κ1) is 11.5. The molecule has 0 saturated heterocycles. The lowest BCUT2D eigenvalue weighted by Crippen LogP contribution is -2.46. The molecule has 0 amide bonds. The molecule has 14 heavy (non-hydrogen) atoms. The highest BCUT2D eigenvalue weighted by atomic mass is 32.1. The van der Waals surface area contributed by atoms with Crippen LogP contribution < -0.4 is 0 Å². The van der Waals surface area contributed by atoms with E-state index in [1.165, 1.54) is 31.4 Å². The van der Waals surface area contributed by atoms with Crippen LogP contribution in [0.2, 0.25) is 0 Å². The minimum absolute atomic E-state index is 0.0556. The van der Waals surface area contributed by atoms with Gasteiger partial charge in [0.05, 0.1) is 0 Å². The zero-order chi connectivity index (χ0) is 11.0. The molecule has 1 atom stereocenters. The van der Waals surface area contributed by atoms with E-state index in [-0.39, 0.29) is 4.88 Å². The molecule has 1 aromatic heterocycles. The summed E-state index contributed by atoms with van der Waals surface area (Å²) in [5.74, 6) is -0.902. The average Bonchev–Trinajstić information content (AvgIpc) is 2.52. The number of hydrogen-bond donors (Lipinski definition) is 1. The molecule has 1 aromatic rings. The molecule has 1 rings (SSSR count). The van der Waals surface area contributed by atoms with Crippen molar-refractivity contribution in [3.8, 4) is 0 Å². The molecular formula is C9H11F3OS. The molecule has 0 aliphatic rings. The molecule has 80 valence electrons. The molecule has 1 unspecified atom stereocenters. The molecule has 5 heteroatoms. The summed E-state index contributed by atoms with van der Waals surface area (Å²) in [4.78, 5) is -0.0556. The van der Waals surface area contributed by atoms with Gasteiger partial charge in [-0.3, -0.25) is 0 Å². The first-order valence-electron chi connectivity index (χ1n) is 4.13. The van der Waals surface area contributed by atoms with Crippen molar-refractivity contribution < 1.29 is 18.3 Å². The van der Waals surface area contributed by atoms with Crippen LogP contribution in [0, 0.1) is 5.92 Å². The fourth-order valence-corrected chi connectivity index (χ4v) is 2.24. The van der Waals surface area contributed by atoms with E-state index in [2.05, 4.69) is 0 Å². The Labute approximate surface area is 84.2 Å². The van der Waals surface area contributed by atoms with Gasteiger partial charge in [0.15, 0.2) is 5.60 Å². The van der Waals surface area contributed by atoms with Crippen molar-refractivity contribution in [1.82, 2.24) is 0 Å². The first-order valence-corrected chi connectivity index (χ1v) is 5.01. The summed E-state index contributed by atoms with van der Waals surface area (Å²) in [5.41, 5.74) is -2.72. The van der Waals surface area contributed by atoms with E-state index in [9.17, 15) is 18.3 Å². The fraction of sp³-hybridized carbons (Fsp3) is 0.556. The van der Waals surface area contributed by atoms with Crippen molar-refractivity contribution in [3.63, 3.8) is 0 Å². The summed E-state index contributed by atoms with van der Waals surface area (Å²) in [7, 11) is 0. The van der Waals surface area contributed by atoms with E-state index >= 15 is 0 Å². The topological polar surface area (TPSA) is 20.2 Å². The highest BCUT2D eigenvalue weighted by molar-refractivity contribution is 7.10. The minimum Gasteiger partial charge on any atom is -0.375 e. The zero-order valence-electron chi connectivity index (χ0n) is 7.80. The zero-order valence-corrected chi connectivity index (χ0v) is 8.62. The van der Waals surface area contributed by atoms with Crippen molar-refractivity contribution in [2.75, 3.05) is 0 Å². The SMILES string of the molecule is CC(C)C(O)(c1cccs1)C(F)(F)F. The third-order valence-electron chi connectivity index (χ3n) is 2.16. The standard InChI is InChI=1S/C9H11F3OS/c1-6(2)8(13,9(10,11)12)7-4-3-5-14-7/h3-6,13H,1-2H3. The van der Waals surface area contributed by atoms with Crippen molar-refractivity contribution in [1.29, 1.82) is 0 Å². The summed E-state index contributed by atoms with van der Waals surface area (Å²) >= 11 is 0.915. The van der Waals surface area contributed by atoms with Crippen LogP contribution in [0.4, 0.5) is 13.2 Å². The molecule has 0 aliphatic heterocycles. The molecule has 0 bridgehead atoms. The van der Waals surface area contributed by atoms with Gasteiger partial charge in [-0.1, -0.05) is 19.9 Å². The third kappa shape index (κ3) is 1.66. The van der Waals surface area contributed by atoms with E-state index in [1.807, 2.05) is 0 Å². The van der Waals surface area contributed by atoms with Crippen LogP contribution in [-0.2, 0) is 5.60 Å². The molecule has 0 saturated carbocycles. The van der Waals surface area contributed by atoms with Gasteiger partial charge in [-0.2, -0.15) is 13.2 Å². The van der Waals surface area contributed by atoms with Crippen LogP contribution in [0.3, 0.4) is 0 Å². The van der Waals surface area contributed by atoms with E-state index in [0.717, 1.165) is 11.3 Å². The van der Waals surface area contributed by atoms with Crippen molar-refractivity contribution in [3.05, 3.63) is 22.4 Å². The number of alkyl halides is 3. The maximum atomic E-state index is 12.7. The number of thiophene rings is 1. The second kappa shape index (κ2) is 3.55. The van der Waals surface area contributed by atoms with Gasteiger partial charge in [0.25, 0.3) is 0 Å². The monoisotopic (exact) mass is 224 g/mol. The van der Waals surface area contributed by atoms with Crippen LogP contribution in [0.5, 0.6) is 0 Å². The van der Waals surface area contributed by atoms with Gasteiger partial charge in [0.1, 0.15) is 0 Å². The second-order valence-electron chi connectivity index (χ2n) is 3.40. The van der Waals surface area contributed by atoms with Gasteiger partial charge in [0.2, 0.25) is 0 Å². The quantitative estimate of drug-likeness (QED) is 0.818. The Morgan fingerprint density at radius 1 is 1.36 bits per heavy atom. The highest BCUT2D eigenvalue weighted by Gasteiger charge is 2.57. The van der Waals surface area contributed by atoms with E-state index < -0.39 is 17.7 Å². The Kier molecular flexibility index (Phi) is 2.92. The summed E-state index contributed by atoms with van der Waals surface area (Å²) in [6, 6.07) is 2.80. The Hall–Kier alpha value is -0.550. The summed E-state index contributed by atoms with van der Waals surface area (Å²) in [6.45, 7) is 2.71. The molecule has 1 nitrogen and oxygen atoms in total. The Bertz CT molecular complexity index is 292. The molecular weight excluding hydrogens is 213 g/mol. The molecule has 1 heterocycles. The molecule has 0 spiro atoms. The van der Waals surface area contributed by atoms with Crippen molar-refractivity contribution in [2.24, 2.45) is 5.92 Å². The van der Waals surface area contributed by atoms with E-state index in [1.54, 1.807) is 0 Å². The first-order chi connectivity index (χ1) is 6.30. The van der Waals surface area contributed by atoms with Gasteiger partial charge >= 0.3 is 6.18 Å². The van der Waals surface area contributed by atoms with Gasteiger partial charge in [-0.05, 0) is 17.4 Å². The molecule has 0 radical (unpaired) electrons. The third-order valence-corrected chi connectivity index (χ3v) is 3.16. The summed E-state index contributed by atoms with van der Waals surface area (Å²) < 4.78 is 38.0. The van der Waals surface area contributed by atoms with Gasteiger partial charge < -0.3 is 5.11 Å². The predicted molar refractivity (Wildman–Crippen MR) is 49.1 cm³/mol. The fourth-order valence-electron chi connectivity index (χ4n) is 1.25. The largest absolute Gasteiger partial charge is 0.422 e. The van der Waals surface area contributed by atoms with Crippen LogP contribution >= 0.6 is 11.3 Å². The highest BCUT2D eigenvalue weighted by Crippen LogP contribution is 2.45. The van der Waals surface area contributed by atoms with Crippen LogP contribution in [-0.4, -0.2) is 11.3 Å². The van der Waals surface area contributed by atoms with Crippen LogP contribution in [0.15, 0.2) is 17.5 Å². The van der Waals surface area contributed by atoms with Crippen LogP contribution in [0.25, 0.3) is 0 Å². The normalized spacial score (nSPS) is 17.1. The Balaban J connectivity index is 3.20. The number of hydrogen-bond acceptors (Lipinski definition) is 2. The number of aliphatic hydroxyl groups is 1. The summed E-state index contributed by atoms with van der Waals surface area (Å²) in [5, 5.41) is 11.2. The van der Waals surface area contributed by atoms with Crippen molar-refractivity contribution >= 4 is 11.3 Å². The Morgan fingerprint density at radius 2 is 1.93 bits per heavy atom.